The predicted octanol–water partition coefficient (Wildman–Crippen LogP) is 1.06. The maximum absolute atomic E-state index is 5.45. The Bertz CT molecular complexity index is 464. The fraction of sp³-hybridized carbons (Fsp3) is 0.300. The summed E-state index contributed by atoms with van der Waals surface area (Å²) in [5.41, 5.74) is 6.88. The van der Waals surface area contributed by atoms with Crippen LogP contribution in [0.2, 0.25) is 0 Å². The van der Waals surface area contributed by atoms with Crippen molar-refractivity contribution in [3.63, 3.8) is 0 Å². The molecule has 0 radical (unpaired) electrons. The van der Waals surface area contributed by atoms with Crippen molar-refractivity contribution in [2.45, 2.75) is 6.54 Å². The molecule has 2 heterocycles. The highest BCUT2D eigenvalue weighted by molar-refractivity contribution is 5.77. The zero-order chi connectivity index (χ0) is 10.3. The molecule has 78 valence electrons. The number of rotatable bonds is 1. The molecule has 5 nitrogen and oxygen atoms in total. The molecule has 2 aromatic rings. The van der Waals surface area contributed by atoms with Crippen LogP contribution in [-0.4, -0.2) is 18.2 Å². The van der Waals surface area contributed by atoms with E-state index in [0.29, 0.717) is 42.7 Å². The van der Waals surface area contributed by atoms with Crippen molar-refractivity contribution in [1.82, 2.24) is 4.98 Å². The van der Waals surface area contributed by atoms with Gasteiger partial charge in [0.25, 0.3) is 0 Å². The van der Waals surface area contributed by atoms with E-state index < -0.39 is 0 Å². The average molecular weight is 206 g/mol. The van der Waals surface area contributed by atoms with Crippen LogP contribution in [0, 0.1) is 0 Å². The SMILES string of the molecule is NCc1nc2cc3c(cc2o1)OCCO3. The topological polar surface area (TPSA) is 70.5 Å². The van der Waals surface area contributed by atoms with E-state index in [1.165, 1.54) is 0 Å². The first-order valence-corrected chi connectivity index (χ1v) is 4.76. The molecule has 0 unspecified atom stereocenters. The van der Waals surface area contributed by atoms with E-state index in [4.69, 9.17) is 19.6 Å². The Morgan fingerprint density at radius 2 is 1.93 bits per heavy atom. The number of nitrogens with zero attached hydrogens (tertiary/aromatic N) is 1. The van der Waals surface area contributed by atoms with Gasteiger partial charge in [-0.3, -0.25) is 0 Å². The third kappa shape index (κ3) is 1.32. The number of ether oxygens (including phenoxy) is 2. The fourth-order valence-electron chi connectivity index (χ4n) is 1.60. The predicted molar refractivity (Wildman–Crippen MR) is 52.9 cm³/mol. The van der Waals surface area contributed by atoms with Gasteiger partial charge in [-0.15, -0.1) is 0 Å². The molecule has 0 bridgehead atoms. The molecule has 1 aliphatic rings. The maximum atomic E-state index is 5.45. The summed E-state index contributed by atoms with van der Waals surface area (Å²) in [6, 6.07) is 3.60. The highest BCUT2D eigenvalue weighted by Gasteiger charge is 2.15. The van der Waals surface area contributed by atoms with E-state index in [0.717, 1.165) is 5.52 Å². The van der Waals surface area contributed by atoms with Crippen molar-refractivity contribution >= 4 is 11.1 Å². The van der Waals surface area contributed by atoms with Gasteiger partial charge in [-0.05, 0) is 0 Å². The van der Waals surface area contributed by atoms with E-state index in [9.17, 15) is 0 Å². The molecule has 0 spiro atoms. The van der Waals surface area contributed by atoms with E-state index in [1.807, 2.05) is 6.07 Å². The Kier molecular flexibility index (Phi) is 1.78. The summed E-state index contributed by atoms with van der Waals surface area (Å²) >= 11 is 0. The molecule has 0 aliphatic carbocycles. The monoisotopic (exact) mass is 206 g/mol. The minimum absolute atomic E-state index is 0.293. The van der Waals surface area contributed by atoms with Crippen LogP contribution in [0.25, 0.3) is 11.1 Å². The van der Waals surface area contributed by atoms with Gasteiger partial charge in [0.1, 0.15) is 18.7 Å². The van der Waals surface area contributed by atoms with Crippen LogP contribution in [-0.2, 0) is 6.54 Å². The first kappa shape index (κ1) is 8.55. The average Bonchev–Trinajstić information content (AvgIpc) is 2.67. The molecule has 0 amide bonds. The number of fused-ring (bicyclic) bond motifs is 2. The van der Waals surface area contributed by atoms with E-state index in [-0.39, 0.29) is 0 Å². The Morgan fingerprint density at radius 3 is 2.67 bits per heavy atom. The Morgan fingerprint density at radius 1 is 1.20 bits per heavy atom. The Labute approximate surface area is 85.8 Å². The molecule has 0 saturated carbocycles. The number of hydrogen-bond acceptors (Lipinski definition) is 5. The first-order valence-electron chi connectivity index (χ1n) is 4.76. The van der Waals surface area contributed by atoms with Crippen molar-refractivity contribution in [1.29, 1.82) is 0 Å². The van der Waals surface area contributed by atoms with Gasteiger partial charge in [0, 0.05) is 12.1 Å². The first-order chi connectivity index (χ1) is 7.36. The molecule has 2 N–H and O–H groups in total. The number of nitrogens with two attached hydrogens (primary N) is 1. The smallest absolute Gasteiger partial charge is 0.209 e. The Hall–Kier alpha value is -1.75. The molecule has 15 heavy (non-hydrogen) atoms. The van der Waals surface area contributed by atoms with Crippen molar-refractivity contribution in [3.8, 4) is 11.5 Å². The molecule has 1 aliphatic heterocycles. The molecule has 1 aromatic heterocycles. The van der Waals surface area contributed by atoms with Crippen LogP contribution in [0.3, 0.4) is 0 Å². The second kappa shape index (κ2) is 3.13. The normalized spacial score (nSPS) is 14.5. The van der Waals surface area contributed by atoms with Crippen LogP contribution in [0.15, 0.2) is 16.5 Å². The second-order valence-corrected chi connectivity index (χ2v) is 3.28. The minimum Gasteiger partial charge on any atom is -0.486 e. The van der Waals surface area contributed by atoms with Gasteiger partial charge in [0.2, 0.25) is 5.89 Å². The summed E-state index contributed by atoms with van der Waals surface area (Å²) in [6.45, 7) is 1.43. The third-order valence-electron chi connectivity index (χ3n) is 2.27. The molecule has 1 aromatic carbocycles. The van der Waals surface area contributed by atoms with Gasteiger partial charge in [-0.25, -0.2) is 4.98 Å². The van der Waals surface area contributed by atoms with Crippen molar-refractivity contribution in [3.05, 3.63) is 18.0 Å². The lowest BCUT2D eigenvalue weighted by molar-refractivity contribution is 0.172. The molecule has 0 saturated heterocycles. The largest absolute Gasteiger partial charge is 0.486 e. The van der Waals surface area contributed by atoms with Crippen LogP contribution in [0.1, 0.15) is 5.89 Å². The quantitative estimate of drug-likeness (QED) is 0.755. The summed E-state index contributed by atoms with van der Waals surface area (Å²) < 4.78 is 16.3. The van der Waals surface area contributed by atoms with Crippen LogP contribution < -0.4 is 15.2 Å². The van der Waals surface area contributed by atoms with Crippen molar-refractivity contribution in [2.75, 3.05) is 13.2 Å². The molecule has 5 heteroatoms. The highest BCUT2D eigenvalue weighted by atomic mass is 16.6. The van der Waals surface area contributed by atoms with Gasteiger partial charge >= 0.3 is 0 Å². The van der Waals surface area contributed by atoms with E-state index in [2.05, 4.69) is 4.98 Å². The van der Waals surface area contributed by atoms with Crippen molar-refractivity contribution < 1.29 is 13.9 Å². The molecule has 0 fully saturated rings. The van der Waals surface area contributed by atoms with Crippen LogP contribution in [0.5, 0.6) is 11.5 Å². The fourth-order valence-corrected chi connectivity index (χ4v) is 1.60. The number of oxazole rings is 1. The minimum atomic E-state index is 0.293. The lowest BCUT2D eigenvalue weighted by Crippen LogP contribution is -2.15. The van der Waals surface area contributed by atoms with E-state index in [1.54, 1.807) is 6.07 Å². The highest BCUT2D eigenvalue weighted by Crippen LogP contribution is 2.34. The lowest BCUT2D eigenvalue weighted by atomic mass is 10.2. The summed E-state index contributed by atoms with van der Waals surface area (Å²) in [4.78, 5) is 4.21. The van der Waals surface area contributed by atoms with Gasteiger partial charge < -0.3 is 19.6 Å². The molecular weight excluding hydrogens is 196 g/mol. The van der Waals surface area contributed by atoms with Gasteiger partial charge in [0.15, 0.2) is 17.1 Å². The van der Waals surface area contributed by atoms with Gasteiger partial charge in [0.05, 0.1) is 6.54 Å². The zero-order valence-corrected chi connectivity index (χ0v) is 8.03. The summed E-state index contributed by atoms with van der Waals surface area (Å²) in [5, 5.41) is 0. The van der Waals surface area contributed by atoms with Crippen LogP contribution >= 0.6 is 0 Å². The summed E-state index contributed by atoms with van der Waals surface area (Å²) in [5.74, 6) is 1.94. The van der Waals surface area contributed by atoms with Gasteiger partial charge in [-0.1, -0.05) is 0 Å². The van der Waals surface area contributed by atoms with Crippen LogP contribution in [0.4, 0.5) is 0 Å². The maximum Gasteiger partial charge on any atom is 0.209 e. The van der Waals surface area contributed by atoms with Crippen molar-refractivity contribution in [2.24, 2.45) is 5.73 Å². The standard InChI is InChI=1S/C10H10N2O3/c11-5-10-12-6-3-8-9(4-7(6)15-10)14-2-1-13-8/h3-4H,1-2,5,11H2. The Balaban J connectivity index is 2.19. The van der Waals surface area contributed by atoms with Gasteiger partial charge in [-0.2, -0.15) is 0 Å². The molecule has 3 rings (SSSR count). The number of aromatic nitrogens is 1. The zero-order valence-electron chi connectivity index (χ0n) is 8.03. The number of hydrogen-bond donors (Lipinski definition) is 1. The summed E-state index contributed by atoms with van der Waals surface area (Å²) in [6.07, 6.45) is 0. The third-order valence-corrected chi connectivity index (χ3v) is 2.27. The second-order valence-electron chi connectivity index (χ2n) is 3.28. The molecular formula is C10H10N2O3. The lowest BCUT2D eigenvalue weighted by Gasteiger charge is -2.17. The molecule has 0 atom stereocenters. The summed E-state index contributed by atoms with van der Waals surface area (Å²) in [7, 11) is 0. The number of benzene rings is 1. The van der Waals surface area contributed by atoms with E-state index >= 15 is 0 Å².